The van der Waals surface area contributed by atoms with E-state index in [1.807, 2.05) is 0 Å². The predicted octanol–water partition coefficient (Wildman–Crippen LogP) is 1.40. The summed E-state index contributed by atoms with van der Waals surface area (Å²) >= 11 is 0. The molecule has 2 fully saturated rings. The van der Waals surface area contributed by atoms with E-state index in [-0.39, 0.29) is 18.4 Å². The number of amides is 1. The fourth-order valence-electron chi connectivity index (χ4n) is 2.39. The summed E-state index contributed by atoms with van der Waals surface area (Å²) in [6, 6.07) is -1.33. The highest BCUT2D eigenvalue weighted by atomic mass is 19.4. The summed E-state index contributed by atoms with van der Waals surface area (Å²) in [5.41, 5.74) is -0.120. The van der Waals surface area contributed by atoms with Gasteiger partial charge >= 0.3 is 18.1 Å². The van der Waals surface area contributed by atoms with Crippen LogP contribution in [0.25, 0.3) is 0 Å². The maximum Gasteiger partial charge on any atom is 0.471 e. The minimum Gasteiger partial charge on any atom is -0.480 e. The summed E-state index contributed by atoms with van der Waals surface area (Å²) in [6.07, 6.45) is -2.68. The van der Waals surface area contributed by atoms with Crippen molar-refractivity contribution >= 4 is 11.9 Å². The molecule has 2 rings (SSSR count). The Kier molecular flexibility index (Phi) is 2.59. The number of aliphatic carboxylic acids is 1. The van der Waals surface area contributed by atoms with E-state index in [1.165, 1.54) is 0 Å². The lowest BCUT2D eigenvalue weighted by atomic mass is 9.88. The second kappa shape index (κ2) is 3.61. The molecule has 1 saturated heterocycles. The zero-order chi connectivity index (χ0) is 12.8. The lowest BCUT2D eigenvalue weighted by Crippen LogP contribution is -2.54. The van der Waals surface area contributed by atoms with Crippen molar-refractivity contribution in [2.24, 2.45) is 5.41 Å². The van der Waals surface area contributed by atoms with Gasteiger partial charge in [-0.2, -0.15) is 13.2 Å². The van der Waals surface area contributed by atoms with E-state index in [0.29, 0.717) is 11.3 Å². The summed E-state index contributed by atoms with van der Waals surface area (Å²) in [6.45, 7) is -0.116. The number of carboxylic acid groups (broad SMARTS) is 1. The van der Waals surface area contributed by atoms with E-state index in [2.05, 4.69) is 0 Å². The third-order valence-corrected chi connectivity index (χ3v) is 3.63. The van der Waals surface area contributed by atoms with E-state index >= 15 is 0 Å². The molecule has 0 radical (unpaired) electrons. The van der Waals surface area contributed by atoms with Gasteiger partial charge in [-0.25, -0.2) is 4.79 Å². The number of piperidine rings is 1. The Morgan fingerprint density at radius 2 is 1.82 bits per heavy atom. The molecule has 1 spiro atoms. The number of rotatable bonds is 1. The highest BCUT2D eigenvalue weighted by molar-refractivity contribution is 5.87. The van der Waals surface area contributed by atoms with Gasteiger partial charge in [0.2, 0.25) is 0 Å². The number of carboxylic acids is 1. The second-order valence-electron chi connectivity index (χ2n) is 4.80. The molecule has 1 saturated carbocycles. The molecule has 0 aromatic carbocycles. The summed E-state index contributed by atoms with van der Waals surface area (Å²) in [5, 5.41) is 8.92. The number of likely N-dealkylation sites (tertiary alicyclic amines) is 1. The number of halogens is 3. The van der Waals surface area contributed by atoms with Gasteiger partial charge in [0.15, 0.2) is 0 Å². The molecule has 17 heavy (non-hydrogen) atoms. The van der Waals surface area contributed by atoms with Gasteiger partial charge < -0.3 is 10.0 Å². The molecule has 0 bridgehead atoms. The van der Waals surface area contributed by atoms with Gasteiger partial charge in [0.1, 0.15) is 6.04 Å². The van der Waals surface area contributed by atoms with Crippen molar-refractivity contribution in [3.05, 3.63) is 0 Å². The van der Waals surface area contributed by atoms with Crippen molar-refractivity contribution in [2.75, 3.05) is 6.54 Å². The molecule has 0 aromatic heterocycles. The smallest absolute Gasteiger partial charge is 0.471 e. The molecule has 1 aliphatic carbocycles. The number of hydrogen-bond donors (Lipinski definition) is 1. The van der Waals surface area contributed by atoms with E-state index in [0.717, 1.165) is 12.8 Å². The standard InChI is InChI=1S/C10H12F3NO3/c11-10(12,13)8(17)14-4-3-9(1-2-9)5-6(14)7(15)16/h6H,1-5H2,(H,15,16). The van der Waals surface area contributed by atoms with Crippen molar-refractivity contribution < 1.29 is 27.9 Å². The number of hydrogen-bond acceptors (Lipinski definition) is 2. The fraction of sp³-hybridized carbons (Fsp3) is 0.800. The van der Waals surface area contributed by atoms with Crippen LogP contribution in [0.1, 0.15) is 25.7 Å². The molecule has 2 aliphatic rings. The Morgan fingerprint density at radius 3 is 2.24 bits per heavy atom. The molecule has 1 atom stereocenters. The van der Waals surface area contributed by atoms with Gasteiger partial charge in [-0.1, -0.05) is 0 Å². The first-order valence-corrected chi connectivity index (χ1v) is 5.36. The first-order chi connectivity index (χ1) is 7.75. The Bertz CT molecular complexity index is 362. The van der Waals surface area contributed by atoms with Gasteiger partial charge in [-0.3, -0.25) is 4.79 Å². The molecule has 1 heterocycles. The third kappa shape index (κ3) is 2.23. The number of nitrogens with zero attached hydrogens (tertiary/aromatic N) is 1. The molecule has 96 valence electrons. The highest BCUT2D eigenvalue weighted by Gasteiger charge is 2.54. The Morgan fingerprint density at radius 1 is 1.24 bits per heavy atom. The molecule has 0 aromatic rings. The van der Waals surface area contributed by atoms with E-state index in [1.54, 1.807) is 0 Å². The molecular formula is C10H12F3NO3. The van der Waals surface area contributed by atoms with Gasteiger partial charge in [-0.05, 0) is 31.1 Å². The van der Waals surface area contributed by atoms with Gasteiger partial charge in [0, 0.05) is 6.54 Å². The predicted molar refractivity (Wildman–Crippen MR) is 50.1 cm³/mol. The van der Waals surface area contributed by atoms with Gasteiger partial charge in [0.25, 0.3) is 0 Å². The number of carbonyl (C=O) groups excluding carboxylic acids is 1. The Labute approximate surface area is 95.4 Å². The first-order valence-electron chi connectivity index (χ1n) is 5.36. The molecule has 1 unspecified atom stereocenters. The summed E-state index contributed by atoms with van der Waals surface area (Å²) in [7, 11) is 0. The van der Waals surface area contributed by atoms with Crippen LogP contribution in [0.5, 0.6) is 0 Å². The minimum atomic E-state index is -5.00. The molecule has 7 heteroatoms. The molecule has 1 aliphatic heterocycles. The summed E-state index contributed by atoms with van der Waals surface area (Å²) in [4.78, 5) is 22.5. The SMILES string of the molecule is O=C(O)C1CC2(CCN1C(=O)C(F)(F)F)CC2. The second-order valence-corrected chi connectivity index (χ2v) is 4.80. The first kappa shape index (κ1) is 12.2. The van der Waals surface area contributed by atoms with Crippen molar-refractivity contribution in [1.82, 2.24) is 4.90 Å². The third-order valence-electron chi connectivity index (χ3n) is 3.63. The Hall–Kier alpha value is -1.27. The van der Waals surface area contributed by atoms with Crippen LogP contribution in [0.3, 0.4) is 0 Å². The van der Waals surface area contributed by atoms with Gasteiger partial charge in [-0.15, -0.1) is 0 Å². The topological polar surface area (TPSA) is 57.6 Å². The normalized spacial score (nSPS) is 27.0. The van der Waals surface area contributed by atoms with Crippen molar-refractivity contribution in [2.45, 2.75) is 37.9 Å². The largest absolute Gasteiger partial charge is 0.480 e. The number of carbonyl (C=O) groups is 2. The van der Waals surface area contributed by atoms with Gasteiger partial charge in [0.05, 0.1) is 0 Å². The van der Waals surface area contributed by atoms with Crippen molar-refractivity contribution in [1.29, 1.82) is 0 Å². The summed E-state index contributed by atoms with van der Waals surface area (Å²) < 4.78 is 36.9. The minimum absolute atomic E-state index is 0.116. The van der Waals surface area contributed by atoms with Crippen molar-refractivity contribution in [3.8, 4) is 0 Å². The fourth-order valence-corrected chi connectivity index (χ4v) is 2.39. The van der Waals surface area contributed by atoms with Crippen LogP contribution in [-0.2, 0) is 9.59 Å². The Balaban J connectivity index is 2.16. The lowest BCUT2D eigenvalue weighted by Gasteiger charge is -2.37. The molecule has 4 nitrogen and oxygen atoms in total. The maximum atomic E-state index is 12.3. The van der Waals surface area contributed by atoms with E-state index < -0.39 is 24.1 Å². The van der Waals surface area contributed by atoms with Crippen molar-refractivity contribution in [3.63, 3.8) is 0 Å². The zero-order valence-corrected chi connectivity index (χ0v) is 8.96. The molecule has 1 amide bonds. The van der Waals surface area contributed by atoms with E-state index in [9.17, 15) is 22.8 Å². The molecule has 1 N–H and O–H groups in total. The van der Waals surface area contributed by atoms with Crippen LogP contribution < -0.4 is 0 Å². The highest BCUT2D eigenvalue weighted by Crippen LogP contribution is 2.55. The maximum absolute atomic E-state index is 12.3. The monoisotopic (exact) mass is 251 g/mol. The molecular weight excluding hydrogens is 239 g/mol. The van der Waals surface area contributed by atoms with Crippen LogP contribution in [0.4, 0.5) is 13.2 Å². The number of alkyl halides is 3. The lowest BCUT2D eigenvalue weighted by molar-refractivity contribution is -0.192. The quantitative estimate of drug-likeness (QED) is 0.766. The van der Waals surface area contributed by atoms with Crippen LogP contribution in [-0.4, -0.2) is 40.6 Å². The average molecular weight is 251 g/mol. The zero-order valence-electron chi connectivity index (χ0n) is 8.96. The average Bonchev–Trinajstić information content (AvgIpc) is 2.95. The van der Waals surface area contributed by atoms with E-state index in [4.69, 9.17) is 5.11 Å². The van der Waals surface area contributed by atoms with Crippen LogP contribution in [0.15, 0.2) is 0 Å². The van der Waals surface area contributed by atoms with Crippen LogP contribution >= 0.6 is 0 Å². The summed E-state index contributed by atoms with van der Waals surface area (Å²) in [5.74, 6) is -3.39. The van der Waals surface area contributed by atoms with Crippen LogP contribution in [0, 0.1) is 5.41 Å². The van der Waals surface area contributed by atoms with Crippen LogP contribution in [0.2, 0.25) is 0 Å².